The highest BCUT2D eigenvalue weighted by molar-refractivity contribution is 7.18. The van der Waals surface area contributed by atoms with E-state index < -0.39 is 0 Å². The normalized spacial score (nSPS) is 20.0. The molecule has 0 spiro atoms. The Morgan fingerprint density at radius 2 is 2.44 bits per heavy atom. The molecule has 4 nitrogen and oxygen atoms in total. The second-order valence-electron chi connectivity index (χ2n) is 4.39. The molecule has 2 N–H and O–H groups in total. The van der Waals surface area contributed by atoms with Crippen molar-refractivity contribution >= 4 is 38.9 Å². The fourth-order valence-corrected chi connectivity index (χ4v) is 3.46. The third kappa shape index (κ3) is 1.88. The molecular weight excluding hydrogens is 270 g/mol. The average molecular weight is 282 g/mol. The lowest BCUT2D eigenvalue weighted by Crippen LogP contribution is -2.33. The molecule has 1 amide bonds. The summed E-state index contributed by atoms with van der Waals surface area (Å²) >= 11 is 7.60. The third-order valence-electron chi connectivity index (χ3n) is 3.23. The van der Waals surface area contributed by atoms with Crippen LogP contribution < -0.4 is 5.73 Å². The predicted molar refractivity (Wildman–Crippen MR) is 72.6 cm³/mol. The van der Waals surface area contributed by atoms with Gasteiger partial charge in [-0.3, -0.25) is 4.79 Å². The van der Waals surface area contributed by atoms with Crippen molar-refractivity contribution < 1.29 is 4.79 Å². The number of pyridine rings is 1. The van der Waals surface area contributed by atoms with Crippen LogP contribution in [0.4, 0.5) is 0 Å². The molecule has 1 atom stereocenters. The summed E-state index contributed by atoms with van der Waals surface area (Å²) in [7, 11) is 0. The summed E-state index contributed by atoms with van der Waals surface area (Å²) in [5.41, 5.74) is 6.83. The van der Waals surface area contributed by atoms with Gasteiger partial charge in [0.15, 0.2) is 0 Å². The largest absolute Gasteiger partial charge is 0.337 e. The summed E-state index contributed by atoms with van der Waals surface area (Å²) in [4.78, 5) is 17.7. The highest BCUT2D eigenvalue weighted by atomic mass is 35.5. The number of hydrogen-bond acceptors (Lipinski definition) is 4. The number of nitrogens with two attached hydrogens (primary N) is 1. The molecular formula is C12H12ClN3OS. The summed E-state index contributed by atoms with van der Waals surface area (Å²) in [6, 6.07) is 1.60. The lowest BCUT2D eigenvalue weighted by atomic mass is 10.2. The molecule has 1 unspecified atom stereocenters. The molecule has 0 aromatic carbocycles. The van der Waals surface area contributed by atoms with E-state index in [9.17, 15) is 4.79 Å². The van der Waals surface area contributed by atoms with Crippen molar-refractivity contribution in [1.82, 2.24) is 9.88 Å². The highest BCUT2D eigenvalue weighted by Crippen LogP contribution is 2.31. The van der Waals surface area contributed by atoms with Crippen molar-refractivity contribution in [3.63, 3.8) is 0 Å². The zero-order chi connectivity index (χ0) is 12.7. The van der Waals surface area contributed by atoms with Crippen LogP contribution in [0.25, 0.3) is 10.1 Å². The molecule has 1 aliphatic heterocycles. The van der Waals surface area contributed by atoms with E-state index in [0.29, 0.717) is 11.7 Å². The molecule has 6 heteroatoms. The molecule has 18 heavy (non-hydrogen) atoms. The van der Waals surface area contributed by atoms with E-state index in [2.05, 4.69) is 4.98 Å². The average Bonchev–Trinajstić information content (AvgIpc) is 2.90. The van der Waals surface area contributed by atoms with Gasteiger partial charge in [0.05, 0.1) is 10.7 Å². The number of carbonyl (C=O) groups is 1. The van der Waals surface area contributed by atoms with Gasteiger partial charge in [-0.15, -0.1) is 11.3 Å². The Kier molecular flexibility index (Phi) is 2.97. The number of amides is 1. The first-order chi connectivity index (χ1) is 8.66. The molecule has 0 bridgehead atoms. The molecule has 2 aromatic rings. The SMILES string of the molecule is NC1CCN(Cc2csc3c(Cl)nccc23)C1=O. The van der Waals surface area contributed by atoms with Gasteiger partial charge in [0, 0.05) is 24.7 Å². The molecule has 1 aliphatic rings. The molecule has 0 saturated carbocycles. The lowest BCUT2D eigenvalue weighted by Gasteiger charge is -2.15. The van der Waals surface area contributed by atoms with Gasteiger partial charge in [-0.05, 0) is 23.4 Å². The van der Waals surface area contributed by atoms with Gasteiger partial charge in [-0.2, -0.15) is 0 Å². The topological polar surface area (TPSA) is 59.2 Å². The van der Waals surface area contributed by atoms with E-state index >= 15 is 0 Å². The van der Waals surface area contributed by atoms with Crippen molar-refractivity contribution in [1.29, 1.82) is 0 Å². The van der Waals surface area contributed by atoms with Crippen LogP contribution in [-0.2, 0) is 11.3 Å². The number of halogens is 1. The van der Waals surface area contributed by atoms with E-state index in [-0.39, 0.29) is 11.9 Å². The van der Waals surface area contributed by atoms with Crippen LogP contribution in [0, 0.1) is 0 Å². The number of hydrogen-bond donors (Lipinski definition) is 1. The minimum atomic E-state index is -0.333. The van der Waals surface area contributed by atoms with Crippen LogP contribution in [0.1, 0.15) is 12.0 Å². The van der Waals surface area contributed by atoms with Crippen molar-refractivity contribution in [3.8, 4) is 0 Å². The van der Waals surface area contributed by atoms with Crippen LogP contribution in [0.2, 0.25) is 5.15 Å². The Morgan fingerprint density at radius 3 is 3.17 bits per heavy atom. The number of likely N-dealkylation sites (tertiary alicyclic amines) is 1. The van der Waals surface area contributed by atoms with Crippen molar-refractivity contribution in [2.75, 3.05) is 6.54 Å². The number of carbonyl (C=O) groups excluding carboxylic acids is 1. The smallest absolute Gasteiger partial charge is 0.239 e. The molecule has 2 aromatic heterocycles. The van der Waals surface area contributed by atoms with Gasteiger partial charge in [0.1, 0.15) is 5.15 Å². The maximum atomic E-state index is 11.8. The quantitative estimate of drug-likeness (QED) is 0.857. The fourth-order valence-electron chi connectivity index (χ4n) is 2.23. The first-order valence-electron chi connectivity index (χ1n) is 5.72. The second-order valence-corrected chi connectivity index (χ2v) is 5.63. The zero-order valence-corrected chi connectivity index (χ0v) is 11.2. The maximum Gasteiger partial charge on any atom is 0.239 e. The Morgan fingerprint density at radius 1 is 1.61 bits per heavy atom. The molecule has 0 aliphatic carbocycles. The Balaban J connectivity index is 1.92. The van der Waals surface area contributed by atoms with Gasteiger partial charge in [0.25, 0.3) is 0 Å². The van der Waals surface area contributed by atoms with Crippen molar-refractivity contribution in [3.05, 3.63) is 28.4 Å². The highest BCUT2D eigenvalue weighted by Gasteiger charge is 2.28. The number of thiophene rings is 1. The standard InChI is InChI=1S/C12H12ClN3OS/c13-11-10-8(1-3-15-11)7(6-18-10)5-16-4-2-9(14)12(16)17/h1,3,6,9H,2,4-5,14H2. The molecule has 0 radical (unpaired) electrons. The number of aromatic nitrogens is 1. The molecule has 1 fully saturated rings. The monoisotopic (exact) mass is 281 g/mol. The van der Waals surface area contributed by atoms with Crippen molar-refractivity contribution in [2.24, 2.45) is 5.73 Å². The first kappa shape index (κ1) is 11.9. The minimum absolute atomic E-state index is 0.0366. The molecule has 1 saturated heterocycles. The molecule has 94 valence electrons. The van der Waals surface area contributed by atoms with Crippen LogP contribution in [0.3, 0.4) is 0 Å². The number of rotatable bonds is 2. The second kappa shape index (κ2) is 4.50. The summed E-state index contributed by atoms with van der Waals surface area (Å²) in [6.45, 7) is 1.34. The van der Waals surface area contributed by atoms with Crippen LogP contribution in [0.15, 0.2) is 17.6 Å². The predicted octanol–water partition coefficient (Wildman–Crippen LogP) is 2.01. The van der Waals surface area contributed by atoms with Crippen LogP contribution >= 0.6 is 22.9 Å². The van der Waals surface area contributed by atoms with Gasteiger partial charge >= 0.3 is 0 Å². The fraction of sp³-hybridized carbons (Fsp3) is 0.333. The minimum Gasteiger partial charge on any atom is -0.337 e. The number of fused-ring (bicyclic) bond motifs is 1. The summed E-state index contributed by atoms with van der Waals surface area (Å²) in [5.74, 6) is 0.0366. The van der Waals surface area contributed by atoms with Crippen LogP contribution in [-0.4, -0.2) is 28.4 Å². The Bertz CT molecular complexity index is 612. The third-order valence-corrected chi connectivity index (χ3v) is 4.68. The van der Waals surface area contributed by atoms with Crippen LogP contribution in [0.5, 0.6) is 0 Å². The van der Waals surface area contributed by atoms with Crippen molar-refractivity contribution in [2.45, 2.75) is 19.0 Å². The van der Waals surface area contributed by atoms with Gasteiger partial charge < -0.3 is 10.6 Å². The summed E-state index contributed by atoms with van der Waals surface area (Å²) in [6.07, 6.45) is 2.43. The van der Waals surface area contributed by atoms with Gasteiger partial charge in [-0.25, -0.2) is 4.98 Å². The van der Waals surface area contributed by atoms with E-state index in [4.69, 9.17) is 17.3 Å². The Hall–Kier alpha value is -1.17. The summed E-state index contributed by atoms with van der Waals surface area (Å²) < 4.78 is 0.977. The number of nitrogens with zero attached hydrogens (tertiary/aromatic N) is 2. The van der Waals surface area contributed by atoms with Gasteiger partial charge in [-0.1, -0.05) is 11.6 Å². The molecule has 3 heterocycles. The Labute approximate surface area is 113 Å². The van der Waals surface area contributed by atoms with E-state index in [1.807, 2.05) is 11.4 Å². The maximum absolute atomic E-state index is 11.8. The lowest BCUT2D eigenvalue weighted by molar-refractivity contribution is -0.129. The molecule has 3 rings (SSSR count). The van der Waals surface area contributed by atoms with Gasteiger partial charge in [0.2, 0.25) is 5.91 Å². The zero-order valence-electron chi connectivity index (χ0n) is 9.60. The van der Waals surface area contributed by atoms with E-state index in [1.165, 1.54) is 0 Å². The first-order valence-corrected chi connectivity index (χ1v) is 6.97. The van der Waals surface area contributed by atoms with E-state index in [0.717, 1.165) is 28.6 Å². The van der Waals surface area contributed by atoms with E-state index in [1.54, 1.807) is 22.4 Å². The summed E-state index contributed by atoms with van der Waals surface area (Å²) in [5, 5.41) is 3.64.